The van der Waals surface area contributed by atoms with E-state index in [0.717, 1.165) is 19.3 Å². The lowest BCUT2D eigenvalue weighted by Crippen LogP contribution is -2.44. The predicted molar refractivity (Wildman–Crippen MR) is 94.6 cm³/mol. The van der Waals surface area contributed by atoms with Gasteiger partial charge in [-0.2, -0.15) is 0 Å². The topological polar surface area (TPSA) is 94.5 Å². The van der Waals surface area contributed by atoms with Crippen molar-refractivity contribution < 1.29 is 33.0 Å². The molecule has 1 aliphatic rings. The van der Waals surface area contributed by atoms with Crippen molar-refractivity contribution in [1.29, 1.82) is 0 Å². The Kier molecular flexibility index (Phi) is 9.55. The minimum absolute atomic E-state index is 0.331. The fraction of sp³-hybridized carbons (Fsp3) is 0.706. The highest BCUT2D eigenvalue weighted by atomic mass is 28.4. The average Bonchev–Trinajstić information content (AvgIpc) is 2.64. The highest BCUT2D eigenvalue weighted by Gasteiger charge is 2.38. The molecule has 0 aromatic heterocycles. The molecule has 25 heavy (non-hydrogen) atoms. The van der Waals surface area contributed by atoms with Crippen LogP contribution in [0.3, 0.4) is 0 Å². The second-order valence-corrected chi connectivity index (χ2v) is 8.94. The van der Waals surface area contributed by atoms with Crippen molar-refractivity contribution in [3.05, 3.63) is 23.8 Å². The van der Waals surface area contributed by atoms with Gasteiger partial charge in [0.25, 0.3) is 0 Å². The number of aliphatic hydroxyl groups is 2. The summed E-state index contributed by atoms with van der Waals surface area (Å²) in [6.45, 7) is 1.80. The first-order valence-corrected chi connectivity index (χ1v) is 10.5. The summed E-state index contributed by atoms with van der Waals surface area (Å²) >= 11 is 0. The van der Waals surface area contributed by atoms with Crippen molar-refractivity contribution in [1.82, 2.24) is 0 Å². The van der Waals surface area contributed by atoms with E-state index in [1.165, 1.54) is 14.2 Å². The molecule has 0 aromatic carbocycles. The fourth-order valence-corrected chi connectivity index (χ4v) is 4.36. The van der Waals surface area contributed by atoms with Gasteiger partial charge < -0.3 is 28.2 Å². The maximum atomic E-state index is 12.0. The smallest absolute Gasteiger partial charge is 0.462 e. The molecule has 0 aromatic rings. The molecule has 0 radical (unpaired) electrons. The summed E-state index contributed by atoms with van der Waals surface area (Å²) in [6, 6.07) is 0.595. The van der Waals surface area contributed by atoms with E-state index in [1.54, 1.807) is 18.2 Å². The molecule has 8 heteroatoms. The number of rotatable bonds is 12. The van der Waals surface area contributed by atoms with E-state index in [1.807, 2.05) is 6.92 Å². The van der Waals surface area contributed by atoms with Crippen LogP contribution in [-0.2, 0) is 22.8 Å². The van der Waals surface area contributed by atoms with Crippen molar-refractivity contribution in [2.45, 2.75) is 50.7 Å². The molecule has 1 unspecified atom stereocenters. The van der Waals surface area contributed by atoms with Crippen LogP contribution < -0.4 is 0 Å². The molecular formula is C17H30O7Si. The molecule has 7 nitrogen and oxygen atoms in total. The normalized spacial score (nSPS) is 20.4. The summed E-state index contributed by atoms with van der Waals surface area (Å²) in [5, 5.41) is 19.0. The molecule has 0 fully saturated rings. The van der Waals surface area contributed by atoms with Crippen molar-refractivity contribution in [3.63, 3.8) is 0 Å². The third-order valence-electron chi connectivity index (χ3n) is 4.36. The number of unbranched alkanes of at least 4 members (excludes halogenated alkanes) is 2. The summed E-state index contributed by atoms with van der Waals surface area (Å²) < 4.78 is 21.0. The minimum atomic E-state index is -2.77. The molecule has 0 saturated carbocycles. The quantitative estimate of drug-likeness (QED) is 0.233. The van der Waals surface area contributed by atoms with E-state index < -0.39 is 21.2 Å². The summed E-state index contributed by atoms with van der Waals surface area (Å²) in [6.07, 6.45) is 8.37. The standard InChI is InChI=1S/C17H30O7Si/c1-4-17(20)10-8-15(9-11-17)16(19)23-12-6-5-7-13-25(21-2,22-3)24-14-18/h8-10,18,20H,4-7,11-14H2,1-3H3. The molecule has 0 spiro atoms. The van der Waals surface area contributed by atoms with Gasteiger partial charge in [-0.3, -0.25) is 0 Å². The Labute approximate surface area is 150 Å². The summed E-state index contributed by atoms with van der Waals surface area (Å²) in [4.78, 5) is 12.0. The average molecular weight is 375 g/mol. The van der Waals surface area contributed by atoms with Crippen molar-refractivity contribution in [3.8, 4) is 0 Å². The molecule has 1 aliphatic carbocycles. The van der Waals surface area contributed by atoms with Crippen LogP contribution in [0.15, 0.2) is 23.8 Å². The largest absolute Gasteiger partial charge is 0.502 e. The number of aliphatic hydroxyl groups excluding tert-OH is 1. The Hall–Kier alpha value is -1.03. The number of ether oxygens (including phenoxy) is 1. The Morgan fingerprint density at radius 1 is 1.28 bits per heavy atom. The van der Waals surface area contributed by atoms with Gasteiger partial charge >= 0.3 is 14.8 Å². The van der Waals surface area contributed by atoms with Crippen molar-refractivity contribution in [2.24, 2.45) is 0 Å². The van der Waals surface area contributed by atoms with E-state index in [2.05, 4.69) is 0 Å². The maximum Gasteiger partial charge on any atom is 0.502 e. The lowest BCUT2D eigenvalue weighted by atomic mass is 9.90. The minimum Gasteiger partial charge on any atom is -0.462 e. The third kappa shape index (κ3) is 7.00. The van der Waals surface area contributed by atoms with Crippen molar-refractivity contribution in [2.75, 3.05) is 27.6 Å². The highest BCUT2D eigenvalue weighted by molar-refractivity contribution is 6.60. The van der Waals surface area contributed by atoms with Gasteiger partial charge in [-0.15, -0.1) is 0 Å². The number of hydrogen-bond donors (Lipinski definition) is 2. The lowest BCUT2D eigenvalue weighted by Gasteiger charge is -2.25. The molecule has 0 heterocycles. The van der Waals surface area contributed by atoms with E-state index in [9.17, 15) is 9.90 Å². The van der Waals surface area contributed by atoms with Gasteiger partial charge in [0.15, 0.2) is 0 Å². The molecule has 1 rings (SSSR count). The van der Waals surface area contributed by atoms with Gasteiger partial charge in [-0.25, -0.2) is 4.79 Å². The Bertz CT molecular complexity index is 474. The van der Waals surface area contributed by atoms with Crippen LogP contribution in [-0.4, -0.2) is 58.2 Å². The Balaban J connectivity index is 2.24. The zero-order valence-corrected chi connectivity index (χ0v) is 16.3. The lowest BCUT2D eigenvalue weighted by molar-refractivity contribution is -0.138. The molecular weight excluding hydrogens is 344 g/mol. The van der Waals surface area contributed by atoms with Gasteiger partial charge in [-0.05, 0) is 31.8 Å². The van der Waals surface area contributed by atoms with E-state index in [0.29, 0.717) is 31.1 Å². The summed E-state index contributed by atoms with van der Waals surface area (Å²) in [5.41, 5.74) is -0.362. The molecule has 1 atom stereocenters. The van der Waals surface area contributed by atoms with Crippen LogP contribution in [0.2, 0.25) is 6.04 Å². The highest BCUT2D eigenvalue weighted by Crippen LogP contribution is 2.24. The van der Waals surface area contributed by atoms with E-state index in [4.69, 9.17) is 23.1 Å². The first kappa shape index (κ1) is 22.0. The third-order valence-corrected chi connectivity index (χ3v) is 7.14. The van der Waals surface area contributed by atoms with Crippen molar-refractivity contribution >= 4 is 14.8 Å². The summed E-state index contributed by atoms with van der Waals surface area (Å²) in [5.74, 6) is -0.365. The van der Waals surface area contributed by atoms with Crippen LogP contribution in [0, 0.1) is 0 Å². The molecule has 2 N–H and O–H groups in total. The zero-order chi connectivity index (χ0) is 18.8. The van der Waals surface area contributed by atoms with Gasteiger partial charge in [0.1, 0.15) is 6.79 Å². The molecule has 0 amide bonds. The second kappa shape index (κ2) is 10.8. The zero-order valence-electron chi connectivity index (χ0n) is 15.3. The van der Waals surface area contributed by atoms with Gasteiger partial charge in [-0.1, -0.05) is 25.5 Å². The van der Waals surface area contributed by atoms with Gasteiger partial charge in [0.05, 0.1) is 17.8 Å². The molecule has 0 saturated heterocycles. The van der Waals surface area contributed by atoms with Crippen LogP contribution in [0.1, 0.15) is 39.0 Å². The van der Waals surface area contributed by atoms with Gasteiger partial charge in [0.2, 0.25) is 0 Å². The molecule has 144 valence electrons. The fourth-order valence-electron chi connectivity index (χ4n) is 2.53. The van der Waals surface area contributed by atoms with E-state index >= 15 is 0 Å². The second-order valence-electron chi connectivity index (χ2n) is 5.97. The van der Waals surface area contributed by atoms with E-state index in [-0.39, 0.29) is 5.97 Å². The first-order valence-electron chi connectivity index (χ1n) is 8.58. The number of carbonyl (C=O) groups excluding carboxylic acids is 1. The van der Waals surface area contributed by atoms with Crippen LogP contribution >= 0.6 is 0 Å². The number of esters is 1. The number of hydrogen-bond acceptors (Lipinski definition) is 7. The van der Waals surface area contributed by atoms with Crippen LogP contribution in [0.5, 0.6) is 0 Å². The molecule has 0 aliphatic heterocycles. The van der Waals surface area contributed by atoms with Gasteiger partial charge in [0, 0.05) is 20.3 Å². The van der Waals surface area contributed by atoms with Crippen LogP contribution in [0.25, 0.3) is 0 Å². The Morgan fingerprint density at radius 3 is 2.52 bits per heavy atom. The molecule has 0 bridgehead atoms. The summed E-state index contributed by atoms with van der Waals surface area (Å²) in [7, 11) is 0.255. The number of carbonyl (C=O) groups is 1. The predicted octanol–water partition coefficient (Wildman–Crippen LogP) is 1.93. The monoisotopic (exact) mass is 374 g/mol. The van der Waals surface area contributed by atoms with Crippen LogP contribution in [0.4, 0.5) is 0 Å². The first-order chi connectivity index (χ1) is 11.9. The maximum absolute atomic E-state index is 12.0. The Morgan fingerprint density at radius 2 is 2.00 bits per heavy atom. The SMILES string of the molecule is CCC1(O)C=CC(C(=O)OCCCCC[Si](OC)(OC)OCO)=CC1.